The summed E-state index contributed by atoms with van der Waals surface area (Å²) in [6.45, 7) is 7.60. The van der Waals surface area contributed by atoms with Gasteiger partial charge in [-0.25, -0.2) is 0 Å². The Balaban J connectivity index is 0.000000847. The van der Waals surface area contributed by atoms with Crippen LogP contribution >= 0.6 is 18.6 Å². The van der Waals surface area contributed by atoms with Crippen LogP contribution in [0.15, 0.2) is 121 Å². The first kappa shape index (κ1) is 31.7. The molecular weight excluding hydrogens is 607 g/mol. The fourth-order valence-corrected chi connectivity index (χ4v) is 13.3. The molecule has 2 aromatic rings. The summed E-state index contributed by atoms with van der Waals surface area (Å²) in [5.41, 5.74) is 5.85. The zero-order chi connectivity index (χ0) is 28.6. The maximum atomic E-state index is 5.47. The van der Waals surface area contributed by atoms with Crippen LogP contribution in [-0.2, 0) is 17.0 Å². The molecule has 0 amide bonds. The van der Waals surface area contributed by atoms with E-state index in [1.54, 1.807) is 0 Å². The van der Waals surface area contributed by atoms with Crippen molar-refractivity contribution < 1.29 is 17.0 Å². The molecule has 1 saturated heterocycles. The van der Waals surface area contributed by atoms with Gasteiger partial charge >= 0.3 is 35.6 Å². The molecular formula is C36H40Cl2N2SiTi-2. The van der Waals surface area contributed by atoms with Crippen molar-refractivity contribution in [1.29, 1.82) is 0 Å². The van der Waals surface area contributed by atoms with E-state index >= 15 is 0 Å². The molecule has 2 fully saturated rings. The van der Waals surface area contributed by atoms with Gasteiger partial charge in [-0.05, 0) is 52.0 Å². The topological polar surface area (TPSA) is 17.3 Å². The summed E-state index contributed by atoms with van der Waals surface area (Å²) in [5, 5.41) is 5.47. The van der Waals surface area contributed by atoms with Crippen LogP contribution in [0, 0.1) is 31.1 Å². The van der Waals surface area contributed by atoms with Crippen molar-refractivity contribution in [3.05, 3.63) is 140 Å². The van der Waals surface area contributed by atoms with Crippen LogP contribution in [0.25, 0.3) is 22.0 Å². The van der Waals surface area contributed by atoms with Gasteiger partial charge in [0.15, 0.2) is 0 Å². The molecule has 5 unspecified atom stereocenters. The average Bonchev–Trinajstić information content (AvgIpc) is 3.53. The SMILES string of the molecule is C[C@H]1[N-]C2C(c3cccc(-c4ccccc4)c3)=CC=C[C@H]2N1[Si](C)(C)C1C2C=CC=CC2C2C=CC=CC21.[CH3-].[Cl][Ti][Cl]. The first-order chi connectivity index (χ1) is 20.0. The van der Waals surface area contributed by atoms with E-state index in [1.165, 1.54) is 22.3 Å². The molecule has 0 radical (unpaired) electrons. The zero-order valence-electron chi connectivity index (χ0n) is 24.8. The Labute approximate surface area is 270 Å². The third-order valence-electron chi connectivity index (χ3n) is 9.83. The molecule has 0 aromatic heterocycles. The second kappa shape index (κ2) is 13.5. The Morgan fingerprint density at radius 3 is 1.88 bits per heavy atom. The minimum atomic E-state index is -1.93. The molecule has 0 N–H and O–H groups in total. The van der Waals surface area contributed by atoms with Crippen LogP contribution in [0.4, 0.5) is 0 Å². The van der Waals surface area contributed by atoms with Gasteiger partial charge in [0.05, 0.1) is 0 Å². The number of fused-ring (bicyclic) bond motifs is 4. The van der Waals surface area contributed by atoms with Crippen LogP contribution < -0.4 is 0 Å². The number of benzene rings is 2. The Kier molecular flexibility index (Phi) is 10.2. The molecule has 0 bridgehead atoms. The molecule has 7 rings (SSSR count). The maximum absolute atomic E-state index is 5.47. The van der Waals surface area contributed by atoms with Gasteiger partial charge in [0.25, 0.3) is 0 Å². The molecule has 1 heterocycles. The summed E-state index contributed by atoms with van der Waals surface area (Å²) < 4.78 is 2.88. The van der Waals surface area contributed by atoms with E-state index < -0.39 is 25.3 Å². The van der Waals surface area contributed by atoms with E-state index in [1.807, 2.05) is 0 Å². The summed E-state index contributed by atoms with van der Waals surface area (Å²) >= 11 is -0.556. The van der Waals surface area contributed by atoms with Crippen molar-refractivity contribution >= 4 is 32.4 Å². The van der Waals surface area contributed by atoms with E-state index in [0.29, 0.717) is 35.3 Å². The predicted molar refractivity (Wildman–Crippen MR) is 181 cm³/mol. The number of rotatable bonds is 4. The monoisotopic (exact) mass is 646 g/mol. The fourth-order valence-electron chi connectivity index (χ4n) is 8.41. The first-order valence-electron chi connectivity index (χ1n) is 14.6. The normalized spacial score (nSPS) is 32.2. The Bertz CT molecular complexity index is 1390. The number of halogens is 2. The molecule has 42 heavy (non-hydrogen) atoms. The van der Waals surface area contributed by atoms with Gasteiger partial charge in [-0.15, -0.1) is 0 Å². The Morgan fingerprint density at radius 1 is 0.714 bits per heavy atom. The summed E-state index contributed by atoms with van der Waals surface area (Å²) in [4.78, 5) is 0. The van der Waals surface area contributed by atoms with E-state index in [9.17, 15) is 0 Å². The molecule has 0 spiro atoms. The summed E-state index contributed by atoms with van der Waals surface area (Å²) in [6, 6.07) is 20.3. The van der Waals surface area contributed by atoms with Gasteiger partial charge in [0.1, 0.15) is 8.24 Å². The molecule has 6 heteroatoms. The van der Waals surface area contributed by atoms with E-state index in [4.69, 9.17) is 23.9 Å². The second-order valence-electron chi connectivity index (χ2n) is 12.2. The van der Waals surface area contributed by atoms with Crippen LogP contribution in [0.1, 0.15) is 12.5 Å². The third kappa shape index (κ3) is 5.75. The van der Waals surface area contributed by atoms with Crippen molar-refractivity contribution in [2.45, 2.75) is 43.8 Å². The van der Waals surface area contributed by atoms with Crippen LogP contribution in [0.5, 0.6) is 0 Å². The predicted octanol–water partition coefficient (Wildman–Crippen LogP) is 10.2. The van der Waals surface area contributed by atoms with Crippen LogP contribution in [0.3, 0.4) is 0 Å². The minimum absolute atomic E-state index is 0. The molecule has 5 aliphatic rings. The molecule has 1 aliphatic heterocycles. The fraction of sp³-hybridized carbons (Fsp3) is 0.306. The zero-order valence-corrected chi connectivity index (χ0v) is 28.9. The summed E-state index contributed by atoms with van der Waals surface area (Å²) in [5.74, 6) is 2.46. The Morgan fingerprint density at radius 2 is 1.26 bits per heavy atom. The van der Waals surface area contributed by atoms with E-state index in [2.05, 4.69) is 146 Å². The van der Waals surface area contributed by atoms with Gasteiger partial charge < -0.3 is 17.3 Å². The van der Waals surface area contributed by atoms with Gasteiger partial charge in [-0.1, -0.05) is 153 Å². The number of nitrogens with zero attached hydrogens (tertiary/aromatic N) is 2. The second-order valence-corrected chi connectivity index (χ2v) is 19.2. The molecule has 4 aliphatic carbocycles. The first-order valence-corrected chi connectivity index (χ1v) is 22.0. The molecule has 218 valence electrons. The summed E-state index contributed by atoms with van der Waals surface area (Å²) in [6.07, 6.45) is 26.4. The van der Waals surface area contributed by atoms with E-state index in [-0.39, 0.29) is 19.6 Å². The standard InChI is InChI=1S/C35H37N2Si.CH3.2ClH.Ti/c1-24-36-34-28(27-16-11-15-26(23-27)25-13-5-4-6-14-25)21-12-22-33(34)37(24)38(2,3)35-31-19-9-7-17-29(31)30-18-8-10-20-32(30)35;;;;/h4-24,29-35H,1-3H3;1H3;2*1H;/q2*-1;;;+2/p-2/t24-,29?,30?,31?,32?,33+,34?,35?;;;;/m0..../s1. The number of hydrogen-bond donors (Lipinski definition) is 0. The summed E-state index contributed by atoms with van der Waals surface area (Å²) in [7, 11) is 7.85. The van der Waals surface area contributed by atoms with Crippen molar-refractivity contribution in [3.63, 3.8) is 0 Å². The van der Waals surface area contributed by atoms with Gasteiger partial charge in [-0.2, -0.15) is 0 Å². The van der Waals surface area contributed by atoms with Crippen molar-refractivity contribution in [3.8, 4) is 11.1 Å². The molecule has 2 aromatic carbocycles. The molecule has 2 nitrogen and oxygen atoms in total. The quantitative estimate of drug-likeness (QED) is 0.239. The van der Waals surface area contributed by atoms with Gasteiger partial charge in [0.2, 0.25) is 0 Å². The van der Waals surface area contributed by atoms with E-state index in [0.717, 1.165) is 0 Å². The van der Waals surface area contributed by atoms with Gasteiger partial charge in [0, 0.05) is 6.04 Å². The van der Waals surface area contributed by atoms with Crippen molar-refractivity contribution in [2.75, 3.05) is 0 Å². The molecule has 1 saturated carbocycles. The van der Waals surface area contributed by atoms with Gasteiger partial charge in [-0.3, -0.25) is 0 Å². The number of hydrogen-bond acceptors (Lipinski definition) is 1. The van der Waals surface area contributed by atoms with Crippen LogP contribution in [-0.4, -0.2) is 31.1 Å². The molecule has 7 atom stereocenters. The Hall–Kier alpha value is -1.69. The van der Waals surface area contributed by atoms with Crippen molar-refractivity contribution in [2.24, 2.45) is 23.7 Å². The average molecular weight is 648 g/mol. The third-order valence-corrected chi connectivity index (χ3v) is 14.2. The van der Waals surface area contributed by atoms with Crippen molar-refractivity contribution in [1.82, 2.24) is 4.57 Å². The number of allylic oxidation sites excluding steroid dienone is 10. The van der Waals surface area contributed by atoms with Crippen LogP contribution in [0.2, 0.25) is 18.6 Å².